The van der Waals surface area contributed by atoms with Crippen LogP contribution in [0.1, 0.15) is 46.5 Å². The van der Waals surface area contributed by atoms with Crippen LogP contribution in [0.4, 0.5) is 0 Å². The fourth-order valence-corrected chi connectivity index (χ4v) is 5.09. The van der Waals surface area contributed by atoms with E-state index in [4.69, 9.17) is 9.15 Å². The van der Waals surface area contributed by atoms with Crippen molar-refractivity contribution < 1.29 is 13.9 Å². The molecule has 4 aromatic rings. The molecule has 2 aliphatic rings. The molecule has 2 fully saturated rings. The van der Waals surface area contributed by atoms with E-state index in [0.29, 0.717) is 18.2 Å². The number of aromatic nitrogens is 1. The summed E-state index contributed by atoms with van der Waals surface area (Å²) in [7, 11) is 2.11. The molecule has 0 radical (unpaired) electrons. The third-order valence-corrected chi connectivity index (χ3v) is 7.70. The molecule has 1 N–H and O–H groups in total. The van der Waals surface area contributed by atoms with E-state index in [9.17, 15) is 4.79 Å². The van der Waals surface area contributed by atoms with Crippen molar-refractivity contribution in [1.29, 1.82) is 0 Å². The van der Waals surface area contributed by atoms with Crippen molar-refractivity contribution in [2.24, 2.45) is 0 Å². The van der Waals surface area contributed by atoms with Gasteiger partial charge in [0.1, 0.15) is 23.9 Å². The Balaban J connectivity index is 1.30. The zero-order chi connectivity index (χ0) is 24.9. The van der Waals surface area contributed by atoms with Gasteiger partial charge in [0.2, 0.25) is 0 Å². The molecule has 36 heavy (non-hydrogen) atoms. The Labute approximate surface area is 211 Å². The highest BCUT2D eigenvalue weighted by Crippen LogP contribution is 2.49. The molecule has 6 heteroatoms. The molecule has 2 aromatic heterocycles. The Bertz CT molecular complexity index is 1450. The fraction of sp³-hybridized carbons (Fsp3) is 0.333. The zero-order valence-corrected chi connectivity index (χ0v) is 21.0. The Morgan fingerprint density at radius 1 is 1.17 bits per heavy atom. The van der Waals surface area contributed by atoms with Gasteiger partial charge in [-0.15, -0.1) is 0 Å². The Morgan fingerprint density at radius 3 is 2.72 bits per heavy atom. The molecule has 1 amide bonds. The van der Waals surface area contributed by atoms with Gasteiger partial charge in [-0.05, 0) is 100 Å². The Morgan fingerprint density at radius 2 is 2.03 bits per heavy atom. The van der Waals surface area contributed by atoms with Crippen LogP contribution in [0, 0.1) is 13.8 Å². The lowest BCUT2D eigenvalue weighted by atomic mass is 9.95. The first-order chi connectivity index (χ1) is 17.4. The van der Waals surface area contributed by atoms with E-state index in [0.717, 1.165) is 70.7 Å². The summed E-state index contributed by atoms with van der Waals surface area (Å²) in [6.07, 6.45) is 4.72. The number of amides is 1. The number of fused-ring (bicyclic) bond motifs is 1. The van der Waals surface area contributed by atoms with Gasteiger partial charge in [-0.3, -0.25) is 14.7 Å². The molecule has 1 aliphatic heterocycles. The van der Waals surface area contributed by atoms with Crippen molar-refractivity contribution >= 4 is 16.8 Å². The molecule has 0 unspecified atom stereocenters. The van der Waals surface area contributed by atoms with E-state index >= 15 is 0 Å². The van der Waals surface area contributed by atoms with Gasteiger partial charge >= 0.3 is 0 Å². The maximum Gasteiger partial charge on any atom is 0.252 e. The first kappa shape index (κ1) is 22.8. The molecule has 1 aliphatic carbocycles. The summed E-state index contributed by atoms with van der Waals surface area (Å²) >= 11 is 0. The number of hydrogen-bond acceptors (Lipinski definition) is 5. The van der Waals surface area contributed by atoms with Crippen molar-refractivity contribution in [2.45, 2.75) is 44.7 Å². The number of nitrogens with one attached hydrogen (secondary N) is 1. The number of furan rings is 1. The fourth-order valence-electron chi connectivity index (χ4n) is 5.09. The van der Waals surface area contributed by atoms with Crippen molar-refractivity contribution in [1.82, 2.24) is 15.2 Å². The lowest BCUT2D eigenvalue weighted by molar-refractivity contribution is 0.0767. The van der Waals surface area contributed by atoms with Gasteiger partial charge in [0.25, 0.3) is 5.91 Å². The van der Waals surface area contributed by atoms with Gasteiger partial charge in [0.05, 0.1) is 11.1 Å². The van der Waals surface area contributed by atoms with Crippen LogP contribution in [0.15, 0.2) is 65.2 Å². The maximum absolute atomic E-state index is 13.6. The normalized spacial score (nSPS) is 18.6. The molecule has 1 atom stereocenters. The first-order valence-corrected chi connectivity index (χ1v) is 12.6. The highest BCUT2D eigenvalue weighted by atomic mass is 16.5. The van der Waals surface area contributed by atoms with E-state index in [1.807, 2.05) is 50.2 Å². The maximum atomic E-state index is 13.6. The van der Waals surface area contributed by atoms with E-state index in [1.54, 1.807) is 6.20 Å². The number of carbonyl (C=O) groups is 1. The number of likely N-dealkylation sites (N-methyl/N-ethyl adjacent to an activating group) is 1. The zero-order valence-electron chi connectivity index (χ0n) is 21.0. The van der Waals surface area contributed by atoms with Crippen LogP contribution in [-0.4, -0.2) is 42.0 Å². The minimum atomic E-state index is -0.423. The second kappa shape index (κ2) is 8.79. The van der Waals surface area contributed by atoms with Gasteiger partial charge in [-0.1, -0.05) is 12.1 Å². The van der Waals surface area contributed by atoms with Crippen LogP contribution >= 0.6 is 0 Å². The highest BCUT2D eigenvalue weighted by Gasteiger charge is 2.47. The Hall–Kier alpha value is -3.64. The number of pyridine rings is 1. The van der Waals surface area contributed by atoms with Crippen LogP contribution in [-0.2, 0) is 5.54 Å². The number of likely N-dealkylation sites (tertiary alicyclic amines) is 1. The molecule has 6 rings (SSSR count). The van der Waals surface area contributed by atoms with Crippen LogP contribution in [0.25, 0.3) is 22.2 Å². The van der Waals surface area contributed by atoms with E-state index in [2.05, 4.69) is 40.4 Å². The highest BCUT2D eigenvalue weighted by molar-refractivity contribution is 5.98. The summed E-state index contributed by atoms with van der Waals surface area (Å²) in [6.45, 7) is 5.67. The molecular formula is C30H31N3O3. The first-order valence-electron chi connectivity index (χ1n) is 12.6. The third kappa shape index (κ3) is 4.16. The predicted octanol–water partition coefficient (Wildman–Crippen LogP) is 5.61. The van der Waals surface area contributed by atoms with Crippen molar-refractivity contribution in [3.05, 3.63) is 83.2 Å². The summed E-state index contributed by atoms with van der Waals surface area (Å²) in [5.74, 6) is 2.33. The van der Waals surface area contributed by atoms with Crippen LogP contribution < -0.4 is 10.1 Å². The molecular weight excluding hydrogens is 450 g/mol. The molecule has 0 bridgehead atoms. The van der Waals surface area contributed by atoms with E-state index < -0.39 is 5.54 Å². The predicted molar refractivity (Wildman–Crippen MR) is 140 cm³/mol. The van der Waals surface area contributed by atoms with E-state index in [1.165, 1.54) is 0 Å². The lowest BCUT2D eigenvalue weighted by Gasteiger charge is -2.37. The Kier molecular flexibility index (Phi) is 5.56. The van der Waals surface area contributed by atoms with Crippen LogP contribution in [0.5, 0.6) is 5.75 Å². The van der Waals surface area contributed by atoms with Crippen LogP contribution in [0.2, 0.25) is 0 Å². The largest absolute Gasteiger partial charge is 0.492 e. The third-order valence-electron chi connectivity index (χ3n) is 7.70. The van der Waals surface area contributed by atoms with Gasteiger partial charge in [-0.2, -0.15) is 0 Å². The summed E-state index contributed by atoms with van der Waals surface area (Å²) in [6, 6.07) is 18.4. The van der Waals surface area contributed by atoms with Crippen LogP contribution in [0.3, 0.4) is 0 Å². The van der Waals surface area contributed by atoms with Crippen molar-refractivity contribution in [3.8, 4) is 17.1 Å². The average Bonchev–Trinajstić information content (AvgIpc) is 3.52. The number of ether oxygens (including phenoxy) is 1. The SMILES string of the molecule is Cc1ccc(-c2cc(C3(NC(=O)c4cc(OC[C@@H]5CCN5C)ccc4C)CC3)c3cccnc3c2)o1. The average molecular weight is 482 g/mol. The standard InChI is InChI=1S/C30H31N3O3/c1-19-6-8-23(35-18-22-10-14-33(22)3)17-25(19)29(34)32-30(11-12-30)26-15-21(28-9-7-20(2)36-28)16-27-24(26)5-4-13-31-27/h4-9,13,15-17,22H,10-12,14,18H2,1-3H3,(H,32,34)/t22-/m0/s1. The second-order valence-corrected chi connectivity index (χ2v) is 10.3. The monoisotopic (exact) mass is 481 g/mol. The second-order valence-electron chi connectivity index (χ2n) is 10.3. The molecule has 2 aromatic carbocycles. The number of nitrogens with zero attached hydrogens (tertiary/aromatic N) is 2. The molecule has 6 nitrogen and oxygen atoms in total. The quantitative estimate of drug-likeness (QED) is 0.371. The molecule has 1 saturated carbocycles. The number of aryl methyl sites for hydroxylation is 2. The number of hydrogen-bond donors (Lipinski definition) is 1. The summed E-state index contributed by atoms with van der Waals surface area (Å²) in [5, 5.41) is 4.43. The van der Waals surface area contributed by atoms with Gasteiger partial charge < -0.3 is 14.5 Å². The molecule has 1 saturated heterocycles. The van der Waals surface area contributed by atoms with Gasteiger partial charge in [-0.25, -0.2) is 0 Å². The smallest absolute Gasteiger partial charge is 0.252 e. The van der Waals surface area contributed by atoms with E-state index in [-0.39, 0.29) is 5.91 Å². The van der Waals surface area contributed by atoms with Crippen molar-refractivity contribution in [3.63, 3.8) is 0 Å². The summed E-state index contributed by atoms with van der Waals surface area (Å²) in [4.78, 5) is 20.5. The number of benzene rings is 2. The topological polar surface area (TPSA) is 67.6 Å². The minimum absolute atomic E-state index is 0.0764. The number of rotatable bonds is 7. The summed E-state index contributed by atoms with van der Waals surface area (Å²) < 4.78 is 12.0. The molecule has 184 valence electrons. The van der Waals surface area contributed by atoms with Crippen molar-refractivity contribution in [2.75, 3.05) is 20.2 Å². The lowest BCUT2D eigenvalue weighted by Crippen LogP contribution is -2.48. The van der Waals surface area contributed by atoms with Gasteiger partial charge in [0, 0.05) is 28.8 Å². The minimum Gasteiger partial charge on any atom is -0.492 e. The van der Waals surface area contributed by atoms with Gasteiger partial charge in [0.15, 0.2) is 0 Å². The summed E-state index contributed by atoms with van der Waals surface area (Å²) in [5.41, 5.74) is 4.12. The molecule has 0 spiro atoms. The molecule has 3 heterocycles. The number of carbonyl (C=O) groups excluding carboxylic acids is 1.